The fourth-order valence-electron chi connectivity index (χ4n) is 8.95. The fourth-order valence-corrected chi connectivity index (χ4v) is 9.72. The molecule has 0 fully saturated rings. The molecule has 9 nitrogen and oxygen atoms in total. The highest BCUT2D eigenvalue weighted by molar-refractivity contribution is 7.47. The van der Waals surface area contributed by atoms with Crippen molar-refractivity contribution in [2.24, 2.45) is 5.73 Å². The van der Waals surface area contributed by atoms with Gasteiger partial charge < -0.3 is 20.1 Å². The zero-order valence-electron chi connectivity index (χ0n) is 48.8. The van der Waals surface area contributed by atoms with Crippen molar-refractivity contribution in [3.63, 3.8) is 0 Å². The summed E-state index contributed by atoms with van der Waals surface area (Å²) in [5, 5.41) is 0. The third-order valence-electron chi connectivity index (χ3n) is 13.6. The molecule has 3 N–H and O–H groups in total. The zero-order chi connectivity index (χ0) is 54.5. The number of unbranched alkanes of at least 4 members (excludes halogenated alkanes) is 34. The number of ether oxygens (including phenoxy) is 2. The van der Waals surface area contributed by atoms with Gasteiger partial charge in [0.2, 0.25) is 0 Å². The van der Waals surface area contributed by atoms with Crippen molar-refractivity contribution in [1.82, 2.24) is 0 Å². The van der Waals surface area contributed by atoms with E-state index in [2.05, 4.69) is 86.8 Å². The highest BCUT2D eigenvalue weighted by Crippen LogP contribution is 2.43. The lowest BCUT2D eigenvalue weighted by Gasteiger charge is -2.19. The van der Waals surface area contributed by atoms with E-state index in [4.69, 9.17) is 24.3 Å². The second-order valence-corrected chi connectivity index (χ2v) is 22.3. The van der Waals surface area contributed by atoms with Crippen LogP contribution >= 0.6 is 7.82 Å². The minimum atomic E-state index is -4.39. The van der Waals surface area contributed by atoms with Crippen LogP contribution in [0, 0.1) is 0 Å². The number of hydrogen-bond acceptors (Lipinski definition) is 8. The Morgan fingerprint density at radius 2 is 0.733 bits per heavy atom. The van der Waals surface area contributed by atoms with Gasteiger partial charge in [0.1, 0.15) is 6.61 Å². The van der Waals surface area contributed by atoms with Crippen LogP contribution < -0.4 is 5.73 Å². The maximum absolute atomic E-state index is 12.7. The molecule has 0 radical (unpaired) electrons. The summed E-state index contributed by atoms with van der Waals surface area (Å²) in [5.41, 5.74) is 5.39. The fraction of sp³-hybridized carbons (Fsp3) is 0.785. The van der Waals surface area contributed by atoms with Crippen molar-refractivity contribution in [3.8, 4) is 0 Å². The minimum absolute atomic E-state index is 0.0524. The summed E-state index contributed by atoms with van der Waals surface area (Å²) in [7, 11) is -4.39. The lowest BCUT2D eigenvalue weighted by atomic mass is 10.0. The van der Waals surface area contributed by atoms with Gasteiger partial charge in [0, 0.05) is 19.4 Å². The molecule has 0 aliphatic heterocycles. The molecular weight excluding hydrogens is 954 g/mol. The summed E-state index contributed by atoms with van der Waals surface area (Å²) in [6, 6.07) is 0. The molecule has 0 bridgehead atoms. The Hall–Kier alpha value is -2.55. The van der Waals surface area contributed by atoms with E-state index in [9.17, 15) is 19.0 Å². The van der Waals surface area contributed by atoms with Crippen LogP contribution in [0.4, 0.5) is 0 Å². The second kappa shape index (κ2) is 60.7. The number of allylic oxidation sites excluding steroid dienone is 12. The van der Waals surface area contributed by atoms with Gasteiger partial charge >= 0.3 is 19.8 Å². The summed E-state index contributed by atoms with van der Waals surface area (Å²) in [4.78, 5) is 35.3. The van der Waals surface area contributed by atoms with Gasteiger partial charge in [0.25, 0.3) is 0 Å². The molecule has 0 aromatic rings. The first kappa shape index (κ1) is 72.5. The van der Waals surface area contributed by atoms with Crippen molar-refractivity contribution in [2.45, 2.75) is 302 Å². The third-order valence-corrected chi connectivity index (χ3v) is 14.6. The number of carbonyl (C=O) groups is 2. The number of phosphoric ester groups is 1. The molecule has 0 amide bonds. The Bertz CT molecular complexity index is 1460. The molecule has 0 rings (SSSR count). The largest absolute Gasteiger partial charge is 0.472 e. The predicted octanol–water partition coefficient (Wildman–Crippen LogP) is 20.1. The van der Waals surface area contributed by atoms with Gasteiger partial charge in [-0.25, -0.2) is 4.57 Å². The highest BCUT2D eigenvalue weighted by Gasteiger charge is 2.26. The van der Waals surface area contributed by atoms with Gasteiger partial charge in [-0.15, -0.1) is 0 Å². The normalized spacial score (nSPS) is 13.5. The summed E-state index contributed by atoms with van der Waals surface area (Å²) in [6.07, 6.45) is 78.3. The van der Waals surface area contributed by atoms with Crippen molar-refractivity contribution in [1.29, 1.82) is 0 Å². The molecule has 75 heavy (non-hydrogen) atoms. The summed E-state index contributed by atoms with van der Waals surface area (Å²) in [5.74, 6) is -0.819. The maximum atomic E-state index is 12.7. The van der Waals surface area contributed by atoms with Gasteiger partial charge in [-0.3, -0.25) is 18.6 Å². The van der Waals surface area contributed by atoms with Crippen LogP contribution in [0.25, 0.3) is 0 Å². The molecule has 0 saturated heterocycles. The lowest BCUT2D eigenvalue weighted by molar-refractivity contribution is -0.161. The van der Waals surface area contributed by atoms with Crippen molar-refractivity contribution >= 4 is 19.8 Å². The molecule has 436 valence electrons. The summed E-state index contributed by atoms with van der Waals surface area (Å²) >= 11 is 0. The van der Waals surface area contributed by atoms with Crippen LogP contribution in [0.2, 0.25) is 0 Å². The molecule has 0 spiro atoms. The molecule has 0 aromatic carbocycles. The van der Waals surface area contributed by atoms with E-state index in [1.54, 1.807) is 0 Å². The minimum Gasteiger partial charge on any atom is -0.462 e. The van der Waals surface area contributed by atoms with Crippen molar-refractivity contribution < 1.29 is 37.6 Å². The Kier molecular flexibility index (Phi) is 58.6. The molecule has 0 heterocycles. The van der Waals surface area contributed by atoms with Crippen LogP contribution in [0.1, 0.15) is 296 Å². The predicted molar refractivity (Wildman–Crippen MR) is 321 cm³/mol. The smallest absolute Gasteiger partial charge is 0.462 e. The first-order valence-corrected chi connectivity index (χ1v) is 32.9. The van der Waals surface area contributed by atoms with E-state index in [-0.39, 0.29) is 38.6 Å². The topological polar surface area (TPSA) is 134 Å². The van der Waals surface area contributed by atoms with Gasteiger partial charge in [0.15, 0.2) is 6.10 Å². The average molecular weight is 1070 g/mol. The first-order valence-electron chi connectivity index (χ1n) is 31.4. The second-order valence-electron chi connectivity index (χ2n) is 20.9. The highest BCUT2D eigenvalue weighted by atomic mass is 31.2. The summed E-state index contributed by atoms with van der Waals surface area (Å²) in [6.45, 7) is 3.66. The molecule has 2 atom stereocenters. The monoisotopic (exact) mass is 1070 g/mol. The maximum Gasteiger partial charge on any atom is 0.472 e. The number of carbonyl (C=O) groups excluding carboxylic acids is 2. The standard InChI is InChI=1S/C65H118NO8P/c1-3-5-7-9-11-13-15-17-19-21-23-25-27-28-29-30-31-32-33-34-36-38-40-42-44-46-48-50-52-54-56-58-65(68)74-63(62-73-75(69,70)72-60-59-66)61-71-64(67)57-55-53-51-49-47-45-43-41-39-37-35-26-24-22-20-18-16-14-12-10-8-6-4-2/h5,7,11,13,16-19,22-25,63H,3-4,6,8-10,12,14-15,20-21,26-62,66H2,1-2H3,(H,69,70)/b7-5-,13-11-,18-16-,19-17-,24-22-,25-23-. The Morgan fingerprint density at radius 1 is 0.413 bits per heavy atom. The van der Waals surface area contributed by atoms with Crippen LogP contribution in [-0.4, -0.2) is 49.3 Å². The number of esters is 2. The van der Waals surface area contributed by atoms with E-state index < -0.39 is 26.5 Å². The first-order chi connectivity index (χ1) is 36.8. The van der Waals surface area contributed by atoms with Crippen LogP contribution in [-0.2, 0) is 32.7 Å². The van der Waals surface area contributed by atoms with Gasteiger partial charge in [-0.1, -0.05) is 273 Å². The van der Waals surface area contributed by atoms with Crippen LogP contribution in [0.3, 0.4) is 0 Å². The Balaban J connectivity index is 3.90. The van der Waals surface area contributed by atoms with E-state index >= 15 is 0 Å². The molecule has 0 aliphatic rings. The van der Waals surface area contributed by atoms with Gasteiger partial charge in [-0.2, -0.15) is 0 Å². The number of nitrogens with two attached hydrogens (primary N) is 1. The molecule has 0 aliphatic carbocycles. The number of hydrogen-bond donors (Lipinski definition) is 2. The molecule has 0 saturated carbocycles. The van der Waals surface area contributed by atoms with Crippen LogP contribution in [0.15, 0.2) is 72.9 Å². The van der Waals surface area contributed by atoms with E-state index in [0.29, 0.717) is 6.42 Å². The molecule has 0 aromatic heterocycles. The van der Waals surface area contributed by atoms with Crippen molar-refractivity contribution in [3.05, 3.63) is 72.9 Å². The summed E-state index contributed by atoms with van der Waals surface area (Å²) < 4.78 is 33.1. The number of phosphoric acid groups is 1. The van der Waals surface area contributed by atoms with E-state index in [0.717, 1.165) is 70.6 Å². The quantitative estimate of drug-likeness (QED) is 0.0264. The zero-order valence-corrected chi connectivity index (χ0v) is 49.7. The van der Waals surface area contributed by atoms with Crippen LogP contribution in [0.5, 0.6) is 0 Å². The SMILES string of the molecule is CC/C=C\C/C=C\C/C=C\C/C=C\CCCCCCCCCCCCCCCCCCCCC(=O)OC(COC(=O)CCCCCCCCCCCCC/C=C\C/C=C\CCCCCCC)COP(=O)(O)OCCN. The molecule has 2 unspecified atom stereocenters. The Morgan fingerprint density at radius 3 is 1.09 bits per heavy atom. The molecule has 10 heteroatoms. The molecular formula is C65H118NO8P. The lowest BCUT2D eigenvalue weighted by Crippen LogP contribution is -2.29. The number of rotatable bonds is 59. The Labute approximate surface area is 462 Å². The van der Waals surface area contributed by atoms with Gasteiger partial charge in [0.05, 0.1) is 13.2 Å². The van der Waals surface area contributed by atoms with Gasteiger partial charge in [-0.05, 0) is 83.5 Å². The van der Waals surface area contributed by atoms with E-state index in [1.165, 1.54) is 193 Å². The third kappa shape index (κ3) is 60.5. The van der Waals surface area contributed by atoms with Crippen molar-refractivity contribution in [2.75, 3.05) is 26.4 Å². The average Bonchev–Trinajstić information content (AvgIpc) is 3.40. The van der Waals surface area contributed by atoms with E-state index in [1.807, 2.05) is 0 Å².